The standard InChI is InChI=1S/C19H30N6/c1-3-25-13-7-8-15(25)14-22-19(20-2)21-12-6-11-18-23-16-9-4-5-10-17(16)24-18/h4-5,9-10,15H,3,6-8,11-14H2,1-2H3,(H,23,24)(H2,20,21,22). The fraction of sp³-hybridized carbons (Fsp3) is 0.579. The van der Waals surface area contributed by atoms with Gasteiger partial charge in [0.15, 0.2) is 5.96 Å². The molecule has 2 heterocycles. The fourth-order valence-electron chi connectivity index (χ4n) is 3.56. The van der Waals surface area contributed by atoms with E-state index in [9.17, 15) is 0 Å². The van der Waals surface area contributed by atoms with Crippen LogP contribution in [0, 0.1) is 0 Å². The number of likely N-dealkylation sites (N-methyl/N-ethyl adjacent to an activating group) is 1. The lowest BCUT2D eigenvalue weighted by molar-refractivity contribution is 0.267. The van der Waals surface area contributed by atoms with Crippen LogP contribution in [0.5, 0.6) is 0 Å². The van der Waals surface area contributed by atoms with E-state index in [0.29, 0.717) is 6.04 Å². The fourth-order valence-corrected chi connectivity index (χ4v) is 3.56. The Kier molecular flexibility index (Phi) is 6.28. The number of para-hydroxylation sites is 2. The highest BCUT2D eigenvalue weighted by atomic mass is 15.2. The van der Waals surface area contributed by atoms with E-state index in [1.807, 2.05) is 25.2 Å². The minimum absolute atomic E-state index is 0.638. The minimum atomic E-state index is 0.638. The van der Waals surface area contributed by atoms with Crippen molar-refractivity contribution in [1.82, 2.24) is 25.5 Å². The molecule has 1 aromatic carbocycles. The zero-order valence-corrected chi connectivity index (χ0v) is 15.4. The minimum Gasteiger partial charge on any atom is -0.356 e. The number of H-pyrrole nitrogens is 1. The van der Waals surface area contributed by atoms with Gasteiger partial charge in [-0.1, -0.05) is 19.1 Å². The number of guanidine groups is 1. The third-order valence-electron chi connectivity index (χ3n) is 4.96. The smallest absolute Gasteiger partial charge is 0.191 e. The van der Waals surface area contributed by atoms with E-state index in [0.717, 1.165) is 55.3 Å². The van der Waals surface area contributed by atoms with E-state index in [1.165, 1.54) is 19.4 Å². The lowest BCUT2D eigenvalue weighted by Crippen LogP contribution is -2.45. The van der Waals surface area contributed by atoms with Gasteiger partial charge in [0.1, 0.15) is 5.82 Å². The highest BCUT2D eigenvalue weighted by Gasteiger charge is 2.22. The van der Waals surface area contributed by atoms with Gasteiger partial charge >= 0.3 is 0 Å². The average molecular weight is 342 g/mol. The molecule has 0 saturated carbocycles. The highest BCUT2D eigenvalue weighted by Crippen LogP contribution is 2.15. The van der Waals surface area contributed by atoms with Crippen LogP contribution in [0.1, 0.15) is 32.0 Å². The normalized spacial score (nSPS) is 18.8. The van der Waals surface area contributed by atoms with Crippen molar-refractivity contribution in [3.05, 3.63) is 30.1 Å². The number of rotatable bonds is 7. The molecule has 3 N–H and O–H groups in total. The summed E-state index contributed by atoms with van der Waals surface area (Å²) < 4.78 is 0. The van der Waals surface area contributed by atoms with Crippen molar-refractivity contribution in [3.8, 4) is 0 Å². The van der Waals surface area contributed by atoms with Gasteiger partial charge in [-0.3, -0.25) is 9.89 Å². The van der Waals surface area contributed by atoms with Gasteiger partial charge in [0.2, 0.25) is 0 Å². The Morgan fingerprint density at radius 2 is 2.24 bits per heavy atom. The zero-order valence-electron chi connectivity index (χ0n) is 15.4. The third kappa shape index (κ3) is 4.72. The maximum Gasteiger partial charge on any atom is 0.191 e. The summed E-state index contributed by atoms with van der Waals surface area (Å²) in [5, 5.41) is 6.88. The second-order valence-electron chi connectivity index (χ2n) is 6.61. The van der Waals surface area contributed by atoms with E-state index in [-0.39, 0.29) is 0 Å². The van der Waals surface area contributed by atoms with Gasteiger partial charge < -0.3 is 15.6 Å². The molecule has 25 heavy (non-hydrogen) atoms. The van der Waals surface area contributed by atoms with Crippen molar-refractivity contribution < 1.29 is 0 Å². The SMILES string of the molecule is CCN1CCCC1CNC(=NC)NCCCc1nc2ccccc2[nH]1. The van der Waals surface area contributed by atoms with Gasteiger partial charge in [0.25, 0.3) is 0 Å². The summed E-state index contributed by atoms with van der Waals surface area (Å²) in [6.07, 6.45) is 4.55. The Balaban J connectivity index is 1.38. The van der Waals surface area contributed by atoms with Crippen molar-refractivity contribution in [1.29, 1.82) is 0 Å². The molecule has 3 rings (SSSR count). The number of imidazole rings is 1. The van der Waals surface area contributed by atoms with E-state index < -0.39 is 0 Å². The zero-order chi connectivity index (χ0) is 17.5. The molecule has 1 saturated heterocycles. The van der Waals surface area contributed by atoms with Crippen LogP contribution in [0.25, 0.3) is 11.0 Å². The molecule has 1 aliphatic heterocycles. The van der Waals surface area contributed by atoms with Gasteiger partial charge in [-0.15, -0.1) is 0 Å². The van der Waals surface area contributed by atoms with Crippen LogP contribution in [-0.2, 0) is 6.42 Å². The van der Waals surface area contributed by atoms with Gasteiger partial charge in [0.05, 0.1) is 11.0 Å². The first-order valence-corrected chi connectivity index (χ1v) is 9.42. The molecule has 0 bridgehead atoms. The van der Waals surface area contributed by atoms with Gasteiger partial charge in [-0.05, 0) is 44.5 Å². The number of aryl methyl sites for hydroxylation is 1. The number of aliphatic imine (C=N–C) groups is 1. The molecule has 0 spiro atoms. The Morgan fingerprint density at radius 3 is 3.04 bits per heavy atom. The second kappa shape index (κ2) is 8.85. The van der Waals surface area contributed by atoms with E-state index in [2.05, 4.69) is 43.5 Å². The van der Waals surface area contributed by atoms with Crippen LogP contribution in [0.4, 0.5) is 0 Å². The highest BCUT2D eigenvalue weighted by molar-refractivity contribution is 5.79. The summed E-state index contributed by atoms with van der Waals surface area (Å²) in [4.78, 5) is 14.9. The molecule has 0 radical (unpaired) electrons. The van der Waals surface area contributed by atoms with Crippen LogP contribution in [-0.4, -0.2) is 60.1 Å². The van der Waals surface area contributed by atoms with Crippen LogP contribution in [0.15, 0.2) is 29.3 Å². The number of hydrogen-bond acceptors (Lipinski definition) is 3. The van der Waals surface area contributed by atoms with Crippen LogP contribution >= 0.6 is 0 Å². The molecular formula is C19H30N6. The van der Waals surface area contributed by atoms with Crippen molar-refractivity contribution in [3.63, 3.8) is 0 Å². The predicted octanol–water partition coefficient (Wildman–Crippen LogP) is 2.14. The first-order valence-electron chi connectivity index (χ1n) is 9.42. The molecule has 0 amide bonds. The van der Waals surface area contributed by atoms with E-state index >= 15 is 0 Å². The van der Waals surface area contributed by atoms with Gasteiger partial charge in [-0.25, -0.2) is 4.98 Å². The number of nitrogens with zero attached hydrogens (tertiary/aromatic N) is 3. The molecular weight excluding hydrogens is 312 g/mol. The number of aromatic amines is 1. The number of benzene rings is 1. The molecule has 0 aliphatic carbocycles. The molecule has 6 heteroatoms. The lowest BCUT2D eigenvalue weighted by atomic mass is 10.2. The predicted molar refractivity (Wildman–Crippen MR) is 104 cm³/mol. The molecule has 1 atom stereocenters. The molecule has 6 nitrogen and oxygen atoms in total. The first kappa shape index (κ1) is 17.7. The Hall–Kier alpha value is -2.08. The largest absolute Gasteiger partial charge is 0.356 e. The van der Waals surface area contributed by atoms with Crippen molar-refractivity contribution in [2.45, 2.75) is 38.6 Å². The van der Waals surface area contributed by atoms with Crippen molar-refractivity contribution in [2.75, 3.05) is 33.2 Å². The summed E-state index contributed by atoms with van der Waals surface area (Å²) >= 11 is 0. The average Bonchev–Trinajstić information content (AvgIpc) is 3.26. The monoisotopic (exact) mass is 342 g/mol. The third-order valence-corrected chi connectivity index (χ3v) is 4.96. The van der Waals surface area contributed by atoms with Crippen LogP contribution in [0.3, 0.4) is 0 Å². The Morgan fingerprint density at radius 1 is 1.36 bits per heavy atom. The molecule has 1 aliphatic rings. The van der Waals surface area contributed by atoms with Crippen molar-refractivity contribution in [2.24, 2.45) is 4.99 Å². The number of nitrogens with one attached hydrogen (secondary N) is 3. The summed E-state index contributed by atoms with van der Waals surface area (Å²) in [6, 6.07) is 8.80. The second-order valence-corrected chi connectivity index (χ2v) is 6.61. The Bertz CT molecular complexity index is 659. The molecule has 1 unspecified atom stereocenters. The molecule has 1 aromatic heterocycles. The lowest BCUT2D eigenvalue weighted by Gasteiger charge is -2.23. The van der Waals surface area contributed by atoms with Gasteiger partial charge in [-0.2, -0.15) is 0 Å². The van der Waals surface area contributed by atoms with Crippen LogP contribution < -0.4 is 10.6 Å². The summed E-state index contributed by atoms with van der Waals surface area (Å²) in [5.41, 5.74) is 2.15. The first-order chi connectivity index (χ1) is 12.3. The maximum atomic E-state index is 4.62. The molecule has 136 valence electrons. The number of fused-ring (bicyclic) bond motifs is 1. The molecule has 1 fully saturated rings. The molecule has 2 aromatic rings. The topological polar surface area (TPSA) is 68.3 Å². The van der Waals surface area contributed by atoms with Crippen molar-refractivity contribution >= 4 is 17.0 Å². The Labute approximate surface area is 150 Å². The maximum absolute atomic E-state index is 4.62. The quantitative estimate of drug-likeness (QED) is 0.410. The number of likely N-dealkylation sites (tertiary alicyclic amines) is 1. The van der Waals surface area contributed by atoms with Gasteiger partial charge in [0, 0.05) is 32.6 Å². The van der Waals surface area contributed by atoms with E-state index in [1.54, 1.807) is 0 Å². The summed E-state index contributed by atoms with van der Waals surface area (Å²) in [5.74, 6) is 1.95. The summed E-state index contributed by atoms with van der Waals surface area (Å²) in [7, 11) is 1.83. The number of hydrogen-bond donors (Lipinski definition) is 3. The summed E-state index contributed by atoms with van der Waals surface area (Å²) in [6.45, 7) is 6.46. The number of aromatic nitrogens is 2. The van der Waals surface area contributed by atoms with Crippen LogP contribution in [0.2, 0.25) is 0 Å². The van der Waals surface area contributed by atoms with E-state index in [4.69, 9.17) is 0 Å².